The Morgan fingerprint density at radius 3 is 2.86 bits per heavy atom. The van der Waals surface area contributed by atoms with Crippen molar-refractivity contribution in [3.63, 3.8) is 0 Å². The topological polar surface area (TPSA) is 116 Å². The summed E-state index contributed by atoms with van der Waals surface area (Å²) in [5.74, 6) is 0.388. The SMILES string of the molecule is Cc1cnc(Nc2ccc3c(c2)OC(F)(F)O3)cc1-n1cnc(C(=O)NC(CN)CC2C=CC=CC2)c1. The van der Waals surface area contributed by atoms with E-state index in [-0.39, 0.29) is 29.1 Å². The van der Waals surface area contributed by atoms with E-state index in [0.717, 1.165) is 24.1 Å². The maximum absolute atomic E-state index is 13.3. The lowest BCUT2D eigenvalue weighted by molar-refractivity contribution is -0.286. The quantitative estimate of drug-likeness (QED) is 0.417. The minimum atomic E-state index is -3.68. The average Bonchev–Trinajstić information content (AvgIpc) is 3.48. The van der Waals surface area contributed by atoms with Gasteiger partial charge in [0, 0.05) is 42.8 Å². The van der Waals surface area contributed by atoms with Crippen LogP contribution in [-0.4, -0.2) is 39.3 Å². The van der Waals surface area contributed by atoms with E-state index >= 15 is 0 Å². The first-order chi connectivity index (χ1) is 17.8. The zero-order valence-electron chi connectivity index (χ0n) is 20.0. The van der Waals surface area contributed by atoms with E-state index in [4.69, 9.17) is 5.73 Å². The Labute approximate surface area is 212 Å². The molecule has 2 unspecified atom stereocenters. The molecule has 1 aliphatic carbocycles. The molecule has 37 heavy (non-hydrogen) atoms. The summed E-state index contributed by atoms with van der Waals surface area (Å²) in [5, 5.41) is 6.05. The Hall–Kier alpha value is -4.25. The highest BCUT2D eigenvalue weighted by Crippen LogP contribution is 2.42. The lowest BCUT2D eigenvalue weighted by Crippen LogP contribution is -2.41. The van der Waals surface area contributed by atoms with Crippen LogP contribution >= 0.6 is 0 Å². The highest BCUT2D eigenvalue weighted by Gasteiger charge is 2.43. The molecular weight excluding hydrogens is 482 g/mol. The standard InChI is InChI=1S/C26H26F2N6O3/c1-16-13-30-24(32-18-7-8-22-23(10-18)37-26(27,28)36-22)11-21(16)34-14-20(31-15-34)25(35)33-19(12-29)9-17-5-3-2-4-6-17/h2-5,7-8,10-11,13-15,17,19H,6,9,12,29H2,1H3,(H,30,32)(H,33,35). The number of hydrogen-bond donors (Lipinski definition) is 3. The molecule has 2 aliphatic rings. The summed E-state index contributed by atoms with van der Waals surface area (Å²) < 4.78 is 37.3. The molecule has 0 bridgehead atoms. The number of ether oxygens (including phenoxy) is 2. The predicted molar refractivity (Wildman–Crippen MR) is 133 cm³/mol. The number of nitrogens with two attached hydrogens (primary N) is 1. The molecule has 0 saturated carbocycles. The Balaban J connectivity index is 1.28. The molecule has 0 saturated heterocycles. The van der Waals surface area contributed by atoms with Crippen molar-refractivity contribution in [3.8, 4) is 17.2 Å². The van der Waals surface area contributed by atoms with E-state index < -0.39 is 6.29 Å². The smallest absolute Gasteiger partial charge is 0.395 e. The van der Waals surface area contributed by atoms with Gasteiger partial charge in [-0.2, -0.15) is 0 Å². The van der Waals surface area contributed by atoms with E-state index in [9.17, 15) is 13.6 Å². The molecule has 3 aromatic rings. The number of allylic oxidation sites excluding steroid dienone is 4. The highest BCUT2D eigenvalue weighted by molar-refractivity contribution is 5.92. The molecule has 0 radical (unpaired) electrons. The second-order valence-corrected chi connectivity index (χ2v) is 8.93. The summed E-state index contributed by atoms with van der Waals surface area (Å²) >= 11 is 0. The Kier molecular flexibility index (Phi) is 6.62. The van der Waals surface area contributed by atoms with Gasteiger partial charge in [-0.25, -0.2) is 9.97 Å². The molecule has 0 fully saturated rings. The number of hydrogen-bond acceptors (Lipinski definition) is 7. The maximum atomic E-state index is 13.3. The fourth-order valence-corrected chi connectivity index (χ4v) is 4.25. The molecule has 11 heteroatoms. The number of nitrogens with zero attached hydrogens (tertiary/aromatic N) is 3. The number of pyridine rings is 1. The van der Waals surface area contributed by atoms with Crippen LogP contribution in [0, 0.1) is 12.8 Å². The van der Waals surface area contributed by atoms with Crippen LogP contribution in [0.4, 0.5) is 20.3 Å². The van der Waals surface area contributed by atoms with Gasteiger partial charge >= 0.3 is 6.29 Å². The van der Waals surface area contributed by atoms with Gasteiger partial charge in [0.25, 0.3) is 5.91 Å². The van der Waals surface area contributed by atoms with Crippen LogP contribution in [0.3, 0.4) is 0 Å². The van der Waals surface area contributed by atoms with Crippen LogP contribution in [0.2, 0.25) is 0 Å². The van der Waals surface area contributed by atoms with Gasteiger partial charge in [0.05, 0.1) is 5.69 Å². The number of benzene rings is 1. The lowest BCUT2D eigenvalue weighted by atomic mass is 9.93. The molecule has 2 aromatic heterocycles. The van der Waals surface area contributed by atoms with Crippen molar-refractivity contribution in [1.29, 1.82) is 0 Å². The first-order valence-corrected chi connectivity index (χ1v) is 11.8. The van der Waals surface area contributed by atoms with Gasteiger partial charge in [0.2, 0.25) is 0 Å². The summed E-state index contributed by atoms with van der Waals surface area (Å²) in [6.07, 6.45) is 11.1. The number of anilines is 2. The van der Waals surface area contributed by atoms with Crippen molar-refractivity contribution in [1.82, 2.24) is 19.9 Å². The lowest BCUT2D eigenvalue weighted by Gasteiger charge is -2.21. The van der Waals surface area contributed by atoms with E-state index in [2.05, 4.69) is 42.2 Å². The molecule has 2 atom stereocenters. The number of fused-ring (bicyclic) bond motifs is 1. The molecule has 192 valence electrons. The summed E-state index contributed by atoms with van der Waals surface area (Å²) in [6.45, 7) is 2.21. The number of alkyl halides is 2. The highest BCUT2D eigenvalue weighted by atomic mass is 19.3. The third kappa shape index (κ3) is 5.61. The normalized spacial score (nSPS) is 18.0. The summed E-state index contributed by atoms with van der Waals surface area (Å²) in [7, 11) is 0. The molecular formula is C26H26F2N6O3. The van der Waals surface area contributed by atoms with Crippen LogP contribution in [0.25, 0.3) is 5.69 Å². The van der Waals surface area contributed by atoms with Crippen LogP contribution in [0.1, 0.15) is 28.9 Å². The van der Waals surface area contributed by atoms with Gasteiger partial charge in [-0.1, -0.05) is 24.3 Å². The minimum Gasteiger partial charge on any atom is -0.395 e. The summed E-state index contributed by atoms with van der Waals surface area (Å²) in [4.78, 5) is 21.5. The predicted octanol–water partition coefficient (Wildman–Crippen LogP) is 4.22. The first-order valence-electron chi connectivity index (χ1n) is 11.8. The monoisotopic (exact) mass is 508 g/mol. The molecule has 0 spiro atoms. The Bertz CT molecular complexity index is 1370. The minimum absolute atomic E-state index is 0.0405. The van der Waals surface area contributed by atoms with Gasteiger partial charge in [-0.05, 0) is 43.4 Å². The second kappa shape index (κ2) is 10.0. The first kappa shape index (κ1) is 24.4. The second-order valence-electron chi connectivity index (χ2n) is 8.93. The molecule has 1 aromatic carbocycles. The van der Waals surface area contributed by atoms with Crippen molar-refractivity contribution < 1.29 is 23.0 Å². The summed E-state index contributed by atoms with van der Waals surface area (Å²) in [5.41, 5.74) is 8.25. The maximum Gasteiger partial charge on any atom is 0.586 e. The number of aryl methyl sites for hydroxylation is 1. The van der Waals surface area contributed by atoms with E-state index in [0.29, 0.717) is 24.0 Å². The zero-order valence-corrected chi connectivity index (χ0v) is 20.0. The van der Waals surface area contributed by atoms with E-state index in [1.807, 2.05) is 19.1 Å². The number of carbonyl (C=O) groups is 1. The number of aromatic nitrogens is 3. The largest absolute Gasteiger partial charge is 0.586 e. The van der Waals surface area contributed by atoms with Crippen LogP contribution < -0.4 is 25.8 Å². The van der Waals surface area contributed by atoms with Crippen molar-refractivity contribution in [2.75, 3.05) is 11.9 Å². The molecule has 1 aliphatic heterocycles. The molecule has 4 N–H and O–H groups in total. The summed E-state index contributed by atoms with van der Waals surface area (Å²) in [6, 6.07) is 5.98. The number of halogens is 2. The average molecular weight is 509 g/mol. The van der Waals surface area contributed by atoms with Gasteiger partial charge in [0.1, 0.15) is 17.8 Å². The van der Waals surface area contributed by atoms with Crippen LogP contribution in [0.15, 0.2) is 67.3 Å². The number of rotatable bonds is 8. The van der Waals surface area contributed by atoms with Gasteiger partial charge < -0.3 is 30.4 Å². The fourth-order valence-electron chi connectivity index (χ4n) is 4.25. The van der Waals surface area contributed by atoms with Crippen LogP contribution in [0.5, 0.6) is 11.5 Å². The third-order valence-corrected chi connectivity index (χ3v) is 6.12. The van der Waals surface area contributed by atoms with Crippen molar-refractivity contribution >= 4 is 17.4 Å². The van der Waals surface area contributed by atoms with Crippen molar-refractivity contribution in [2.45, 2.75) is 32.1 Å². The van der Waals surface area contributed by atoms with E-state index in [1.54, 1.807) is 35.4 Å². The molecule has 5 rings (SSSR count). The van der Waals surface area contributed by atoms with Crippen LogP contribution in [-0.2, 0) is 0 Å². The van der Waals surface area contributed by atoms with Gasteiger partial charge in [0.15, 0.2) is 11.5 Å². The molecule has 9 nitrogen and oxygen atoms in total. The Morgan fingerprint density at radius 1 is 1.24 bits per heavy atom. The number of amides is 1. The third-order valence-electron chi connectivity index (χ3n) is 6.12. The fraction of sp³-hybridized carbons (Fsp3) is 0.269. The molecule has 1 amide bonds. The number of nitrogens with one attached hydrogen (secondary N) is 2. The molecule has 3 heterocycles. The van der Waals surface area contributed by atoms with Gasteiger partial charge in [-0.15, -0.1) is 8.78 Å². The van der Waals surface area contributed by atoms with Crippen molar-refractivity contribution in [2.24, 2.45) is 11.7 Å². The Morgan fingerprint density at radius 2 is 2.08 bits per heavy atom. The van der Waals surface area contributed by atoms with Gasteiger partial charge in [-0.3, -0.25) is 4.79 Å². The zero-order chi connectivity index (χ0) is 26.0. The number of imidazole rings is 1. The number of carbonyl (C=O) groups excluding carboxylic acids is 1. The van der Waals surface area contributed by atoms with Crippen molar-refractivity contribution in [3.05, 3.63) is 78.5 Å². The van der Waals surface area contributed by atoms with E-state index in [1.165, 1.54) is 12.1 Å².